The SMILES string of the molecule is C[C@@H]1CCc2sc3ncn4nc(/C=C\C(=O)[O-])nc4c3c2C1. The van der Waals surface area contributed by atoms with Crippen molar-refractivity contribution in [3.05, 3.63) is 28.7 Å². The fraction of sp³-hybridized carbons (Fsp3) is 0.333. The molecule has 4 rings (SSSR count). The van der Waals surface area contributed by atoms with E-state index >= 15 is 0 Å². The van der Waals surface area contributed by atoms with Crippen LogP contribution in [-0.4, -0.2) is 25.6 Å². The molecule has 0 unspecified atom stereocenters. The van der Waals surface area contributed by atoms with Gasteiger partial charge in [0.05, 0.1) is 11.4 Å². The standard InChI is InChI=1S/C15H14N4O2S/c1-8-2-3-10-9(6-8)13-14-17-11(4-5-12(20)21)18-19(14)7-16-15(13)22-10/h4-5,7-8H,2-3,6H2,1H3,(H,20,21)/p-1/b5-4-/t8-/m1/s1. The second-order valence-corrected chi connectivity index (χ2v) is 6.75. The highest BCUT2D eigenvalue weighted by molar-refractivity contribution is 7.19. The summed E-state index contributed by atoms with van der Waals surface area (Å²) in [5, 5.41) is 15.8. The molecule has 1 aliphatic rings. The number of carbonyl (C=O) groups is 1. The predicted molar refractivity (Wildman–Crippen MR) is 81.4 cm³/mol. The van der Waals surface area contributed by atoms with Crippen molar-refractivity contribution in [3.63, 3.8) is 0 Å². The van der Waals surface area contributed by atoms with Gasteiger partial charge in [0, 0.05) is 4.88 Å². The second-order valence-electron chi connectivity index (χ2n) is 5.67. The van der Waals surface area contributed by atoms with Gasteiger partial charge in [-0.15, -0.1) is 16.4 Å². The van der Waals surface area contributed by atoms with Gasteiger partial charge in [-0.25, -0.2) is 14.5 Å². The Balaban J connectivity index is 1.94. The summed E-state index contributed by atoms with van der Waals surface area (Å²) in [5.41, 5.74) is 2.08. The van der Waals surface area contributed by atoms with Gasteiger partial charge in [-0.3, -0.25) is 0 Å². The van der Waals surface area contributed by atoms with Crippen molar-refractivity contribution in [2.75, 3.05) is 0 Å². The molecular formula is C15H13N4O2S-. The summed E-state index contributed by atoms with van der Waals surface area (Å²) in [6.07, 6.45) is 7.25. The maximum atomic E-state index is 10.5. The molecule has 0 spiro atoms. The second kappa shape index (κ2) is 4.88. The van der Waals surface area contributed by atoms with Gasteiger partial charge in [-0.2, -0.15) is 0 Å². The van der Waals surface area contributed by atoms with Crippen LogP contribution < -0.4 is 5.11 Å². The van der Waals surface area contributed by atoms with E-state index in [2.05, 4.69) is 22.0 Å². The summed E-state index contributed by atoms with van der Waals surface area (Å²) in [7, 11) is 0. The van der Waals surface area contributed by atoms with Crippen molar-refractivity contribution < 1.29 is 9.90 Å². The van der Waals surface area contributed by atoms with E-state index in [0.29, 0.717) is 11.7 Å². The Hall–Kier alpha value is -2.28. The highest BCUT2D eigenvalue weighted by atomic mass is 32.1. The number of hydrogen-bond donors (Lipinski definition) is 0. The summed E-state index contributed by atoms with van der Waals surface area (Å²) < 4.78 is 1.61. The fourth-order valence-corrected chi connectivity index (χ4v) is 4.15. The topological polar surface area (TPSA) is 83.2 Å². The third-order valence-corrected chi connectivity index (χ3v) is 5.21. The first kappa shape index (κ1) is 13.4. The number of rotatable bonds is 2. The van der Waals surface area contributed by atoms with Crippen molar-refractivity contribution in [2.45, 2.75) is 26.2 Å². The van der Waals surface area contributed by atoms with Crippen LogP contribution in [0.4, 0.5) is 0 Å². The molecule has 0 aromatic carbocycles. The molecule has 0 aliphatic heterocycles. The van der Waals surface area contributed by atoms with Gasteiger partial charge in [0.15, 0.2) is 11.5 Å². The minimum absolute atomic E-state index is 0.349. The maximum absolute atomic E-state index is 10.5. The van der Waals surface area contributed by atoms with E-state index in [1.54, 1.807) is 22.2 Å². The molecule has 7 heteroatoms. The van der Waals surface area contributed by atoms with Crippen LogP contribution in [0, 0.1) is 5.92 Å². The number of fused-ring (bicyclic) bond motifs is 5. The van der Waals surface area contributed by atoms with Gasteiger partial charge in [-0.1, -0.05) is 6.92 Å². The molecule has 0 amide bonds. The van der Waals surface area contributed by atoms with E-state index in [4.69, 9.17) is 0 Å². The number of aliphatic carboxylic acids is 1. The molecule has 1 atom stereocenters. The monoisotopic (exact) mass is 313 g/mol. The Labute approximate surface area is 130 Å². The average molecular weight is 313 g/mol. The van der Waals surface area contributed by atoms with E-state index in [1.807, 2.05) is 0 Å². The lowest BCUT2D eigenvalue weighted by atomic mass is 9.89. The van der Waals surface area contributed by atoms with E-state index in [-0.39, 0.29) is 0 Å². The number of aromatic nitrogens is 4. The summed E-state index contributed by atoms with van der Waals surface area (Å²) >= 11 is 1.73. The van der Waals surface area contributed by atoms with E-state index in [0.717, 1.165) is 34.8 Å². The average Bonchev–Trinajstić information content (AvgIpc) is 3.04. The van der Waals surface area contributed by atoms with E-state index < -0.39 is 5.97 Å². The zero-order valence-electron chi connectivity index (χ0n) is 11.9. The Morgan fingerprint density at radius 2 is 2.41 bits per heavy atom. The molecule has 0 radical (unpaired) electrons. The van der Waals surface area contributed by atoms with Crippen LogP contribution in [0.25, 0.3) is 21.9 Å². The number of nitrogens with zero attached hydrogens (tertiary/aromatic N) is 4. The minimum Gasteiger partial charge on any atom is -0.545 e. The third kappa shape index (κ3) is 2.09. The molecule has 3 heterocycles. The van der Waals surface area contributed by atoms with Gasteiger partial charge >= 0.3 is 0 Å². The molecule has 3 aromatic heterocycles. The molecule has 1 aliphatic carbocycles. The number of thiophene rings is 1. The number of carbonyl (C=O) groups excluding carboxylic acids is 1. The minimum atomic E-state index is -1.26. The Morgan fingerprint density at radius 1 is 1.55 bits per heavy atom. The van der Waals surface area contributed by atoms with Crippen molar-refractivity contribution >= 4 is 39.2 Å². The van der Waals surface area contributed by atoms with Crippen molar-refractivity contribution in [3.8, 4) is 0 Å². The summed E-state index contributed by atoms with van der Waals surface area (Å²) in [6, 6.07) is 0. The molecule has 6 nitrogen and oxygen atoms in total. The molecule has 0 saturated heterocycles. The van der Waals surface area contributed by atoms with Crippen LogP contribution in [-0.2, 0) is 17.6 Å². The van der Waals surface area contributed by atoms with Gasteiger partial charge < -0.3 is 9.90 Å². The lowest BCUT2D eigenvalue weighted by molar-refractivity contribution is -0.297. The first-order valence-corrected chi connectivity index (χ1v) is 7.98. The predicted octanol–water partition coefficient (Wildman–Crippen LogP) is 1.23. The molecule has 22 heavy (non-hydrogen) atoms. The van der Waals surface area contributed by atoms with Crippen LogP contribution >= 0.6 is 11.3 Å². The Kier molecular flexibility index (Phi) is 2.97. The van der Waals surface area contributed by atoms with E-state index in [9.17, 15) is 9.90 Å². The van der Waals surface area contributed by atoms with Gasteiger partial charge in [0.1, 0.15) is 11.2 Å². The summed E-state index contributed by atoms with van der Waals surface area (Å²) in [4.78, 5) is 21.8. The lowest BCUT2D eigenvalue weighted by Gasteiger charge is -2.17. The van der Waals surface area contributed by atoms with Crippen molar-refractivity contribution in [1.82, 2.24) is 19.6 Å². The molecule has 3 aromatic rings. The molecule has 0 N–H and O–H groups in total. The van der Waals surface area contributed by atoms with Gasteiger partial charge in [0.25, 0.3) is 0 Å². The van der Waals surface area contributed by atoms with Gasteiger partial charge in [0.2, 0.25) is 0 Å². The molecule has 0 bridgehead atoms. The van der Waals surface area contributed by atoms with Crippen LogP contribution in [0.3, 0.4) is 0 Å². The molecule has 0 fully saturated rings. The number of carboxylic acids is 1. The zero-order valence-corrected chi connectivity index (χ0v) is 12.8. The Morgan fingerprint density at radius 3 is 3.23 bits per heavy atom. The smallest absolute Gasteiger partial charge is 0.175 e. The van der Waals surface area contributed by atoms with Crippen LogP contribution in [0.5, 0.6) is 0 Å². The first-order valence-electron chi connectivity index (χ1n) is 7.16. The Bertz CT molecular complexity index is 925. The number of carboxylic acid groups (broad SMARTS) is 1. The van der Waals surface area contributed by atoms with Gasteiger partial charge in [-0.05, 0) is 42.9 Å². The molecule has 0 saturated carbocycles. The quantitative estimate of drug-likeness (QED) is 0.664. The highest BCUT2D eigenvalue weighted by Crippen LogP contribution is 2.38. The summed E-state index contributed by atoms with van der Waals surface area (Å²) in [6.45, 7) is 2.26. The van der Waals surface area contributed by atoms with Crippen LogP contribution in [0.15, 0.2) is 12.4 Å². The fourth-order valence-electron chi connectivity index (χ4n) is 2.98. The number of hydrogen-bond acceptors (Lipinski definition) is 6. The maximum Gasteiger partial charge on any atom is 0.175 e. The third-order valence-electron chi connectivity index (χ3n) is 4.01. The summed E-state index contributed by atoms with van der Waals surface area (Å²) in [5.74, 6) is -0.253. The van der Waals surface area contributed by atoms with E-state index in [1.165, 1.54) is 22.9 Å². The lowest BCUT2D eigenvalue weighted by Crippen LogP contribution is -2.18. The van der Waals surface area contributed by atoms with Crippen molar-refractivity contribution in [1.29, 1.82) is 0 Å². The molecule has 112 valence electrons. The first-order chi connectivity index (χ1) is 10.6. The van der Waals surface area contributed by atoms with Crippen LogP contribution in [0.1, 0.15) is 29.6 Å². The zero-order chi connectivity index (χ0) is 15.3. The normalized spacial score (nSPS) is 18.3. The highest BCUT2D eigenvalue weighted by Gasteiger charge is 2.23. The number of aryl methyl sites for hydroxylation is 1. The van der Waals surface area contributed by atoms with Crippen molar-refractivity contribution in [2.24, 2.45) is 5.92 Å². The largest absolute Gasteiger partial charge is 0.545 e. The molecular weight excluding hydrogens is 300 g/mol. The van der Waals surface area contributed by atoms with Crippen LogP contribution in [0.2, 0.25) is 0 Å².